The van der Waals surface area contributed by atoms with Crippen molar-refractivity contribution in [2.45, 2.75) is 26.9 Å². The largest absolute Gasteiger partial charge is 0.462 e. The number of halogens is 1. The van der Waals surface area contributed by atoms with E-state index >= 15 is 0 Å². The Hall–Kier alpha value is -2.97. The molecule has 4 rings (SSSR count). The van der Waals surface area contributed by atoms with Crippen LogP contribution in [0.2, 0.25) is 5.02 Å². The Kier molecular flexibility index (Phi) is 6.72. The number of esters is 1. The molecule has 0 atom stereocenters. The Bertz CT molecular complexity index is 1170. The second kappa shape index (κ2) is 9.67. The fourth-order valence-electron chi connectivity index (χ4n) is 3.87. The first kappa shape index (κ1) is 22.2. The zero-order chi connectivity index (χ0) is 22.7. The summed E-state index contributed by atoms with van der Waals surface area (Å²) in [5.74, 6) is -0.0309. The minimum atomic E-state index is -0.623. The average molecular weight is 456 g/mol. The van der Waals surface area contributed by atoms with Crippen molar-refractivity contribution in [1.29, 1.82) is 0 Å². The lowest BCUT2D eigenvalue weighted by atomic mass is 10.2. The number of aryl methyl sites for hydroxylation is 1. The summed E-state index contributed by atoms with van der Waals surface area (Å²) in [7, 11) is 0. The van der Waals surface area contributed by atoms with Crippen LogP contribution in [0.5, 0.6) is 0 Å². The van der Waals surface area contributed by atoms with Gasteiger partial charge in [0, 0.05) is 56.7 Å². The third kappa shape index (κ3) is 4.61. The molecule has 1 aromatic carbocycles. The smallest absolute Gasteiger partial charge is 0.343 e. The van der Waals surface area contributed by atoms with Crippen LogP contribution in [0.1, 0.15) is 29.8 Å². The Morgan fingerprint density at radius 3 is 2.50 bits per heavy atom. The molecule has 2 aromatic heterocycles. The quantitative estimate of drug-likeness (QED) is 0.528. The fourth-order valence-corrected chi connectivity index (χ4v) is 3.99. The zero-order valence-electron chi connectivity index (χ0n) is 18.3. The monoisotopic (exact) mass is 455 g/mol. The molecule has 1 aliphatic heterocycles. The summed E-state index contributed by atoms with van der Waals surface area (Å²) < 4.78 is 6.82. The number of piperazine rings is 1. The first-order valence-electron chi connectivity index (χ1n) is 10.8. The van der Waals surface area contributed by atoms with Crippen LogP contribution in [0.4, 0.5) is 5.95 Å². The number of pyridine rings is 1. The number of carbonyl (C=O) groups is 1. The molecule has 0 aliphatic carbocycles. The van der Waals surface area contributed by atoms with E-state index in [0.717, 1.165) is 37.7 Å². The van der Waals surface area contributed by atoms with Crippen molar-refractivity contribution < 1.29 is 9.53 Å². The van der Waals surface area contributed by atoms with E-state index in [1.54, 1.807) is 11.5 Å². The summed E-state index contributed by atoms with van der Waals surface area (Å²) in [6.45, 7) is 8.63. The van der Waals surface area contributed by atoms with E-state index < -0.39 is 11.4 Å². The lowest BCUT2D eigenvalue weighted by molar-refractivity contribution is 0.0524. The molecule has 0 N–H and O–H groups in total. The van der Waals surface area contributed by atoms with E-state index in [0.29, 0.717) is 23.5 Å². The predicted octanol–water partition coefficient (Wildman–Crippen LogP) is 2.96. The number of aromatic nitrogens is 3. The van der Waals surface area contributed by atoms with Crippen LogP contribution >= 0.6 is 11.6 Å². The second-order valence-corrected chi connectivity index (χ2v) is 8.11. The van der Waals surface area contributed by atoms with Gasteiger partial charge in [0.25, 0.3) is 0 Å². The van der Waals surface area contributed by atoms with Gasteiger partial charge < -0.3 is 14.2 Å². The van der Waals surface area contributed by atoms with Gasteiger partial charge in [0.2, 0.25) is 11.4 Å². The fraction of sp³-hybridized carbons (Fsp3) is 0.391. The van der Waals surface area contributed by atoms with Crippen LogP contribution in [0.25, 0.3) is 11.0 Å². The summed E-state index contributed by atoms with van der Waals surface area (Å²) in [4.78, 5) is 38.6. The minimum absolute atomic E-state index is 0.00774. The highest BCUT2D eigenvalue weighted by atomic mass is 35.5. The first-order valence-corrected chi connectivity index (χ1v) is 11.2. The van der Waals surface area contributed by atoms with Crippen molar-refractivity contribution in [1.82, 2.24) is 19.4 Å². The predicted molar refractivity (Wildman–Crippen MR) is 124 cm³/mol. The SMILES string of the molecule is CCOC(=O)c1cn(CC)c2nc(N3CCN(Cc4ccc(Cl)cc4)CC3)ncc2c1=O. The second-order valence-electron chi connectivity index (χ2n) is 7.68. The molecule has 1 fully saturated rings. The molecule has 0 radical (unpaired) electrons. The highest BCUT2D eigenvalue weighted by Gasteiger charge is 2.22. The van der Waals surface area contributed by atoms with Crippen molar-refractivity contribution in [3.8, 4) is 0 Å². The molecule has 1 saturated heterocycles. The van der Waals surface area contributed by atoms with Gasteiger partial charge in [-0.05, 0) is 31.5 Å². The Morgan fingerprint density at radius 2 is 1.84 bits per heavy atom. The molecular weight excluding hydrogens is 430 g/mol. The summed E-state index contributed by atoms with van der Waals surface area (Å²) in [6.07, 6.45) is 3.05. The van der Waals surface area contributed by atoms with Crippen LogP contribution in [0.3, 0.4) is 0 Å². The molecular formula is C23H26ClN5O3. The zero-order valence-corrected chi connectivity index (χ0v) is 19.0. The van der Waals surface area contributed by atoms with Gasteiger partial charge in [-0.2, -0.15) is 4.98 Å². The number of nitrogens with zero attached hydrogens (tertiary/aromatic N) is 5. The van der Waals surface area contributed by atoms with Gasteiger partial charge in [-0.3, -0.25) is 9.69 Å². The van der Waals surface area contributed by atoms with Crippen LogP contribution in [0.15, 0.2) is 41.5 Å². The first-order chi connectivity index (χ1) is 15.5. The number of rotatable bonds is 6. The molecule has 32 heavy (non-hydrogen) atoms. The van der Waals surface area contributed by atoms with Gasteiger partial charge >= 0.3 is 5.97 Å². The van der Waals surface area contributed by atoms with Crippen LogP contribution in [-0.2, 0) is 17.8 Å². The molecule has 0 unspecified atom stereocenters. The molecule has 8 nitrogen and oxygen atoms in total. The third-order valence-electron chi connectivity index (χ3n) is 5.61. The molecule has 0 saturated carbocycles. The van der Waals surface area contributed by atoms with Gasteiger partial charge in [0.05, 0.1) is 12.0 Å². The maximum atomic E-state index is 12.8. The van der Waals surface area contributed by atoms with Gasteiger partial charge in [-0.25, -0.2) is 9.78 Å². The van der Waals surface area contributed by atoms with E-state index in [2.05, 4.69) is 31.9 Å². The third-order valence-corrected chi connectivity index (χ3v) is 5.86. The highest BCUT2D eigenvalue weighted by Crippen LogP contribution is 2.18. The Labute approximate surface area is 191 Å². The molecule has 0 spiro atoms. The van der Waals surface area contributed by atoms with E-state index in [9.17, 15) is 9.59 Å². The lowest BCUT2D eigenvalue weighted by Gasteiger charge is -2.34. The number of ether oxygens (including phenoxy) is 1. The molecule has 0 bridgehead atoms. The van der Waals surface area contributed by atoms with Gasteiger partial charge in [0.1, 0.15) is 11.2 Å². The van der Waals surface area contributed by atoms with Gasteiger partial charge in [-0.15, -0.1) is 0 Å². The molecule has 3 aromatic rings. The molecule has 3 heterocycles. The lowest BCUT2D eigenvalue weighted by Crippen LogP contribution is -2.46. The van der Waals surface area contributed by atoms with Gasteiger partial charge in [-0.1, -0.05) is 23.7 Å². The summed E-state index contributed by atoms with van der Waals surface area (Å²) in [5.41, 5.74) is 1.36. The van der Waals surface area contributed by atoms with E-state index in [-0.39, 0.29) is 12.2 Å². The summed E-state index contributed by atoms with van der Waals surface area (Å²) >= 11 is 5.97. The summed E-state index contributed by atoms with van der Waals surface area (Å²) in [6, 6.07) is 7.93. The molecule has 9 heteroatoms. The van der Waals surface area contributed by atoms with E-state index in [4.69, 9.17) is 16.3 Å². The summed E-state index contributed by atoms with van der Waals surface area (Å²) in [5, 5.41) is 1.06. The molecule has 1 aliphatic rings. The van der Waals surface area contributed by atoms with Crippen molar-refractivity contribution in [3.63, 3.8) is 0 Å². The minimum Gasteiger partial charge on any atom is -0.462 e. The number of hydrogen-bond donors (Lipinski definition) is 0. The van der Waals surface area contributed by atoms with E-state index in [1.165, 1.54) is 18.0 Å². The molecule has 168 valence electrons. The van der Waals surface area contributed by atoms with Crippen molar-refractivity contribution >= 4 is 34.6 Å². The van der Waals surface area contributed by atoms with Crippen LogP contribution < -0.4 is 10.3 Å². The highest BCUT2D eigenvalue weighted by molar-refractivity contribution is 6.30. The van der Waals surface area contributed by atoms with Crippen molar-refractivity contribution in [2.75, 3.05) is 37.7 Å². The number of hydrogen-bond acceptors (Lipinski definition) is 7. The van der Waals surface area contributed by atoms with E-state index in [1.807, 2.05) is 19.1 Å². The van der Waals surface area contributed by atoms with Gasteiger partial charge in [0.15, 0.2) is 0 Å². The number of carbonyl (C=O) groups excluding carboxylic acids is 1. The maximum Gasteiger partial charge on any atom is 0.343 e. The van der Waals surface area contributed by atoms with Crippen molar-refractivity contribution in [3.05, 3.63) is 63.0 Å². The number of anilines is 1. The number of fused-ring (bicyclic) bond motifs is 1. The van der Waals surface area contributed by atoms with Crippen LogP contribution in [0, 0.1) is 0 Å². The molecule has 0 amide bonds. The average Bonchev–Trinajstić information content (AvgIpc) is 2.81. The normalized spacial score (nSPS) is 14.7. The topological polar surface area (TPSA) is 80.6 Å². The maximum absolute atomic E-state index is 12.8. The standard InChI is InChI=1S/C23H26ClN5O3/c1-3-28-15-19(22(31)32-4-2)20(30)18-13-25-23(26-21(18)28)29-11-9-27(10-12-29)14-16-5-7-17(24)8-6-16/h5-8,13,15H,3-4,9-12,14H2,1-2H3. The Morgan fingerprint density at radius 1 is 1.12 bits per heavy atom. The van der Waals surface area contributed by atoms with Crippen molar-refractivity contribution in [2.24, 2.45) is 0 Å². The van der Waals surface area contributed by atoms with Crippen LogP contribution in [-0.4, -0.2) is 58.2 Å². The number of benzene rings is 1. The Balaban J connectivity index is 1.53.